The van der Waals surface area contributed by atoms with Gasteiger partial charge in [-0.05, 0) is 78.6 Å². The molecule has 0 radical (unpaired) electrons. The van der Waals surface area contributed by atoms with E-state index in [1.165, 1.54) is 0 Å². The smallest absolute Gasteiger partial charge is 0.193 e. The summed E-state index contributed by atoms with van der Waals surface area (Å²) in [5, 5.41) is 0.290. The Hall–Kier alpha value is 0.248. The first-order chi connectivity index (χ1) is 17.4. The van der Waals surface area contributed by atoms with Crippen LogP contribution in [0.1, 0.15) is 83.1 Å². The van der Waals surface area contributed by atoms with Gasteiger partial charge in [-0.2, -0.15) is 0 Å². The predicted molar refractivity (Wildman–Crippen MR) is 183 cm³/mol. The molecule has 1 rings (SSSR count). The summed E-state index contributed by atoms with van der Waals surface area (Å²) in [6.07, 6.45) is 2.84. The monoisotopic (exact) mass is 632 g/mol. The van der Waals surface area contributed by atoms with Gasteiger partial charge in [-0.3, -0.25) is 0 Å². The van der Waals surface area contributed by atoms with Crippen LogP contribution < -0.4 is 0 Å². The molecule has 0 fully saturated rings. The zero-order valence-corrected chi connectivity index (χ0v) is 34.2. The molecule has 0 aromatic carbocycles. The third-order valence-corrected chi connectivity index (χ3v) is 28.6. The standard InChI is InChI=1S/C31H68O5Si4/c1-28(2,3)37(13,14)33-23-25(35-39(17,18)30(7,8)9)26-27(36-40(19,20)31(10,11)12)24(21-22-32-26)34-38(15,16)29(4,5)6/h21-22,24-27H,23H2,1-20H3/t24-,25+,26-,27-/m1/s1. The first-order valence-electron chi connectivity index (χ1n) is 15.4. The molecule has 0 aromatic rings. The van der Waals surface area contributed by atoms with E-state index in [0.717, 1.165) is 0 Å². The molecule has 9 heteroatoms. The summed E-state index contributed by atoms with van der Waals surface area (Å²) in [5.41, 5.74) is 0. The quantitative estimate of drug-likeness (QED) is 0.224. The van der Waals surface area contributed by atoms with Crippen molar-refractivity contribution in [3.05, 3.63) is 12.3 Å². The van der Waals surface area contributed by atoms with Crippen molar-refractivity contribution in [1.29, 1.82) is 0 Å². The highest BCUT2D eigenvalue weighted by atomic mass is 28.4. The Kier molecular flexibility index (Phi) is 11.8. The zero-order chi connectivity index (χ0) is 32.0. The van der Waals surface area contributed by atoms with Crippen LogP contribution in [-0.4, -0.2) is 64.3 Å². The molecule has 238 valence electrons. The highest BCUT2D eigenvalue weighted by molar-refractivity contribution is 6.75. The lowest BCUT2D eigenvalue weighted by molar-refractivity contribution is -0.106. The minimum Gasteiger partial charge on any atom is -0.493 e. The lowest BCUT2D eigenvalue weighted by Crippen LogP contribution is -2.61. The van der Waals surface area contributed by atoms with Crippen molar-refractivity contribution >= 4 is 33.3 Å². The predicted octanol–water partition coefficient (Wildman–Crippen LogP) is 10.1. The second kappa shape index (κ2) is 12.3. The molecule has 0 unspecified atom stereocenters. The van der Waals surface area contributed by atoms with E-state index in [2.05, 4.69) is 142 Å². The zero-order valence-electron chi connectivity index (χ0n) is 30.2. The molecule has 0 N–H and O–H groups in total. The van der Waals surface area contributed by atoms with Crippen molar-refractivity contribution < 1.29 is 22.4 Å². The second-order valence-corrected chi connectivity index (χ2v) is 37.2. The van der Waals surface area contributed by atoms with E-state index < -0.39 is 33.3 Å². The summed E-state index contributed by atoms with van der Waals surface area (Å²) in [6, 6.07) is 0. The Morgan fingerprint density at radius 1 is 0.600 bits per heavy atom. The van der Waals surface area contributed by atoms with Gasteiger partial charge in [0.1, 0.15) is 12.2 Å². The lowest BCUT2D eigenvalue weighted by Gasteiger charge is -2.50. The summed E-state index contributed by atoms with van der Waals surface area (Å²) < 4.78 is 34.9. The average Bonchev–Trinajstić information content (AvgIpc) is 2.68. The molecular weight excluding hydrogens is 565 g/mol. The van der Waals surface area contributed by atoms with Crippen LogP contribution in [0.2, 0.25) is 72.5 Å². The molecule has 0 aliphatic carbocycles. The fraction of sp³-hybridized carbons (Fsp3) is 0.935. The fourth-order valence-electron chi connectivity index (χ4n) is 3.42. The van der Waals surface area contributed by atoms with Gasteiger partial charge in [-0.25, -0.2) is 0 Å². The van der Waals surface area contributed by atoms with E-state index in [1.807, 2.05) is 6.26 Å². The van der Waals surface area contributed by atoms with Gasteiger partial charge >= 0.3 is 0 Å². The van der Waals surface area contributed by atoms with Gasteiger partial charge in [0.25, 0.3) is 0 Å². The molecular formula is C31H68O5Si4. The van der Waals surface area contributed by atoms with Crippen molar-refractivity contribution in [3.8, 4) is 0 Å². The van der Waals surface area contributed by atoms with Crippen LogP contribution in [0, 0.1) is 0 Å². The van der Waals surface area contributed by atoms with Crippen molar-refractivity contribution in [2.45, 2.75) is 180 Å². The molecule has 1 aliphatic rings. The normalized spacial score (nSPS) is 23.2. The molecule has 0 bridgehead atoms. The van der Waals surface area contributed by atoms with Gasteiger partial charge in [0.2, 0.25) is 0 Å². The van der Waals surface area contributed by atoms with E-state index in [1.54, 1.807) is 0 Å². The molecule has 1 aliphatic heterocycles. The SMILES string of the molecule is CC(C)(C)[Si](C)(C)OC[C@H](O[Si](C)(C)C(C)(C)C)[C@H]1OC=C[C@@H](O[Si](C)(C)C(C)(C)C)[C@H]1O[Si](C)(C)C(C)(C)C. The maximum absolute atomic E-state index is 7.26. The van der Waals surface area contributed by atoms with Gasteiger partial charge < -0.3 is 22.4 Å². The number of rotatable bonds is 10. The minimum atomic E-state index is -2.18. The minimum absolute atomic E-state index is 0.0493. The molecule has 0 saturated heterocycles. The molecule has 1 heterocycles. The Labute approximate surface area is 254 Å². The molecule has 40 heavy (non-hydrogen) atoms. The lowest BCUT2D eigenvalue weighted by atomic mass is 10.0. The van der Waals surface area contributed by atoms with Gasteiger partial charge in [0.05, 0.1) is 19.0 Å². The van der Waals surface area contributed by atoms with Crippen LogP contribution in [0.5, 0.6) is 0 Å². The van der Waals surface area contributed by atoms with Crippen molar-refractivity contribution in [3.63, 3.8) is 0 Å². The average molecular weight is 633 g/mol. The fourth-order valence-corrected chi connectivity index (χ4v) is 8.29. The van der Waals surface area contributed by atoms with Crippen molar-refractivity contribution in [2.24, 2.45) is 0 Å². The Morgan fingerprint density at radius 3 is 1.40 bits per heavy atom. The Morgan fingerprint density at radius 2 is 1.00 bits per heavy atom. The van der Waals surface area contributed by atoms with Crippen molar-refractivity contribution in [1.82, 2.24) is 0 Å². The van der Waals surface area contributed by atoms with E-state index in [0.29, 0.717) is 6.61 Å². The van der Waals surface area contributed by atoms with Crippen LogP contribution in [0.4, 0.5) is 0 Å². The van der Waals surface area contributed by atoms with E-state index in [9.17, 15) is 0 Å². The van der Waals surface area contributed by atoms with Gasteiger partial charge in [-0.1, -0.05) is 83.1 Å². The van der Waals surface area contributed by atoms with E-state index in [4.69, 9.17) is 22.4 Å². The number of ether oxygens (including phenoxy) is 1. The summed E-state index contributed by atoms with van der Waals surface area (Å²) in [7, 11) is -8.47. The van der Waals surface area contributed by atoms with Gasteiger partial charge in [0, 0.05) is 0 Å². The molecule has 0 aromatic heterocycles. The molecule has 0 saturated carbocycles. The topological polar surface area (TPSA) is 46.2 Å². The third kappa shape index (κ3) is 9.37. The van der Waals surface area contributed by atoms with Crippen LogP contribution in [0.3, 0.4) is 0 Å². The highest BCUT2D eigenvalue weighted by Crippen LogP contribution is 2.44. The summed E-state index contributed by atoms with van der Waals surface area (Å²) in [4.78, 5) is 0. The molecule has 4 atom stereocenters. The summed E-state index contributed by atoms with van der Waals surface area (Å²) in [5.74, 6) is 0. The molecule has 0 spiro atoms. The van der Waals surface area contributed by atoms with Gasteiger partial charge in [0.15, 0.2) is 39.4 Å². The maximum Gasteiger partial charge on any atom is 0.193 e. The van der Waals surface area contributed by atoms with Crippen molar-refractivity contribution in [2.75, 3.05) is 6.61 Å². The highest BCUT2D eigenvalue weighted by Gasteiger charge is 2.52. The van der Waals surface area contributed by atoms with E-state index >= 15 is 0 Å². The maximum atomic E-state index is 7.26. The largest absolute Gasteiger partial charge is 0.493 e. The molecule has 5 nitrogen and oxygen atoms in total. The van der Waals surface area contributed by atoms with E-state index in [-0.39, 0.29) is 44.6 Å². The molecule has 0 amide bonds. The second-order valence-electron chi connectivity index (χ2n) is 18.1. The first-order valence-corrected chi connectivity index (χ1v) is 27.0. The van der Waals surface area contributed by atoms with Gasteiger partial charge in [-0.15, -0.1) is 0 Å². The number of hydrogen-bond donors (Lipinski definition) is 0. The van der Waals surface area contributed by atoms with Crippen LogP contribution >= 0.6 is 0 Å². The number of hydrogen-bond acceptors (Lipinski definition) is 5. The Balaban J connectivity index is 3.67. The third-order valence-electron chi connectivity index (χ3n) is 10.7. The summed E-state index contributed by atoms with van der Waals surface area (Å²) in [6.45, 7) is 46.5. The summed E-state index contributed by atoms with van der Waals surface area (Å²) >= 11 is 0. The van der Waals surface area contributed by atoms with Crippen LogP contribution in [0.15, 0.2) is 12.3 Å². The Bertz CT molecular complexity index is 855. The first kappa shape index (κ1) is 38.3. The van der Waals surface area contributed by atoms with Crippen LogP contribution in [-0.2, 0) is 22.4 Å². The van der Waals surface area contributed by atoms with Crippen LogP contribution in [0.25, 0.3) is 0 Å².